The molecule has 4 rings (SSSR count). The number of amides is 2. The van der Waals surface area contributed by atoms with E-state index in [0.717, 1.165) is 35.3 Å². The Balaban J connectivity index is 1.47. The van der Waals surface area contributed by atoms with Crippen LogP contribution in [0, 0.1) is 6.92 Å². The Morgan fingerprint density at radius 1 is 1.06 bits per heavy atom. The molecular formula is C26H32N4O2. The Kier molecular flexibility index (Phi) is 6.88. The highest BCUT2D eigenvalue weighted by atomic mass is 16.2. The van der Waals surface area contributed by atoms with Gasteiger partial charge in [0.25, 0.3) is 5.91 Å². The molecule has 32 heavy (non-hydrogen) atoms. The fourth-order valence-electron chi connectivity index (χ4n) is 4.62. The molecule has 0 unspecified atom stereocenters. The summed E-state index contributed by atoms with van der Waals surface area (Å²) in [7, 11) is 1.93. The van der Waals surface area contributed by atoms with Gasteiger partial charge >= 0.3 is 0 Å². The smallest absolute Gasteiger partial charge is 0.251 e. The summed E-state index contributed by atoms with van der Waals surface area (Å²) >= 11 is 0. The summed E-state index contributed by atoms with van der Waals surface area (Å²) < 4.78 is 2.01. The maximum Gasteiger partial charge on any atom is 0.251 e. The van der Waals surface area contributed by atoms with Crippen LogP contribution in [0.4, 0.5) is 0 Å². The lowest BCUT2D eigenvalue weighted by Crippen LogP contribution is -2.40. The molecule has 1 heterocycles. The number of rotatable bonds is 7. The standard InChI is InChI=1S/C26H32N4O2/c1-19-10-6-7-13-21(19)26(32)27-17-16-24-28-22-14-8-9-15-23(22)30(24)18-25(31)29(2)20-11-4-3-5-12-20/h6-10,13-15,20H,3-5,11-12,16-18H2,1-2H3,(H,27,32). The average molecular weight is 433 g/mol. The Bertz CT molecular complexity index is 1100. The number of carbonyl (C=O) groups is 2. The quantitative estimate of drug-likeness (QED) is 0.611. The van der Waals surface area contributed by atoms with Gasteiger partial charge in [-0.1, -0.05) is 49.6 Å². The molecule has 1 saturated carbocycles. The Labute approximate surface area is 189 Å². The summed E-state index contributed by atoms with van der Waals surface area (Å²) in [6, 6.07) is 15.8. The lowest BCUT2D eigenvalue weighted by molar-refractivity contribution is -0.133. The van der Waals surface area contributed by atoms with Crippen molar-refractivity contribution in [2.24, 2.45) is 0 Å². The number of fused-ring (bicyclic) bond motifs is 1. The molecule has 1 aliphatic carbocycles. The van der Waals surface area contributed by atoms with E-state index in [0.29, 0.717) is 24.6 Å². The van der Waals surface area contributed by atoms with Crippen LogP contribution < -0.4 is 5.32 Å². The number of hydrogen-bond acceptors (Lipinski definition) is 3. The lowest BCUT2D eigenvalue weighted by atomic mass is 9.94. The van der Waals surface area contributed by atoms with Crippen molar-refractivity contribution in [1.29, 1.82) is 0 Å². The summed E-state index contributed by atoms with van der Waals surface area (Å²) in [4.78, 5) is 32.4. The maximum absolute atomic E-state index is 13.1. The molecule has 0 spiro atoms. The summed E-state index contributed by atoms with van der Waals surface area (Å²) in [5.74, 6) is 0.853. The molecular weight excluding hydrogens is 400 g/mol. The van der Waals surface area contributed by atoms with Crippen molar-refractivity contribution in [1.82, 2.24) is 19.8 Å². The molecule has 0 bridgehead atoms. The van der Waals surface area contributed by atoms with Gasteiger partial charge in [0.1, 0.15) is 12.4 Å². The fraction of sp³-hybridized carbons (Fsp3) is 0.423. The first-order chi connectivity index (χ1) is 15.5. The van der Waals surface area contributed by atoms with Crippen LogP contribution in [0.5, 0.6) is 0 Å². The van der Waals surface area contributed by atoms with Gasteiger partial charge in [0, 0.05) is 31.6 Å². The van der Waals surface area contributed by atoms with Crippen molar-refractivity contribution in [2.45, 2.75) is 58.0 Å². The summed E-state index contributed by atoms with van der Waals surface area (Å²) in [5, 5.41) is 3.00. The highest BCUT2D eigenvalue weighted by Gasteiger charge is 2.23. The molecule has 0 aliphatic heterocycles. The van der Waals surface area contributed by atoms with Gasteiger partial charge < -0.3 is 14.8 Å². The first kappa shape index (κ1) is 22.1. The van der Waals surface area contributed by atoms with E-state index in [1.165, 1.54) is 19.3 Å². The van der Waals surface area contributed by atoms with Crippen LogP contribution in [0.2, 0.25) is 0 Å². The second kappa shape index (κ2) is 9.98. The number of aryl methyl sites for hydroxylation is 1. The van der Waals surface area contributed by atoms with Gasteiger partial charge in [0.2, 0.25) is 5.91 Å². The van der Waals surface area contributed by atoms with E-state index < -0.39 is 0 Å². The number of nitrogens with zero attached hydrogens (tertiary/aromatic N) is 3. The van der Waals surface area contributed by atoms with Gasteiger partial charge in [-0.3, -0.25) is 9.59 Å². The molecule has 6 nitrogen and oxygen atoms in total. The van der Waals surface area contributed by atoms with Crippen LogP contribution in [0.1, 0.15) is 53.8 Å². The monoisotopic (exact) mass is 432 g/mol. The lowest BCUT2D eigenvalue weighted by Gasteiger charge is -2.31. The van der Waals surface area contributed by atoms with Crippen LogP contribution in [-0.2, 0) is 17.8 Å². The number of imidazole rings is 1. The molecule has 2 aromatic carbocycles. The van der Waals surface area contributed by atoms with E-state index in [1.54, 1.807) is 0 Å². The second-order valence-electron chi connectivity index (χ2n) is 8.72. The topological polar surface area (TPSA) is 67.2 Å². The number of carbonyl (C=O) groups excluding carboxylic acids is 2. The maximum atomic E-state index is 13.1. The number of para-hydroxylation sites is 2. The largest absolute Gasteiger partial charge is 0.352 e. The molecule has 0 saturated heterocycles. The third kappa shape index (κ3) is 4.85. The molecule has 3 aromatic rings. The van der Waals surface area contributed by atoms with Crippen LogP contribution in [0.25, 0.3) is 11.0 Å². The van der Waals surface area contributed by atoms with Crippen LogP contribution >= 0.6 is 0 Å². The van der Waals surface area contributed by atoms with Gasteiger partial charge in [-0.15, -0.1) is 0 Å². The molecule has 1 aliphatic rings. The SMILES string of the molecule is Cc1ccccc1C(=O)NCCc1nc2ccccc2n1CC(=O)N(C)C1CCCCC1. The summed E-state index contributed by atoms with van der Waals surface area (Å²) in [6.07, 6.45) is 6.40. The first-order valence-electron chi connectivity index (χ1n) is 11.6. The number of likely N-dealkylation sites (N-methyl/N-ethyl adjacent to an activating group) is 1. The van der Waals surface area contributed by atoms with Crippen molar-refractivity contribution in [2.75, 3.05) is 13.6 Å². The van der Waals surface area contributed by atoms with Gasteiger partial charge in [-0.05, 0) is 43.5 Å². The highest BCUT2D eigenvalue weighted by molar-refractivity contribution is 5.95. The van der Waals surface area contributed by atoms with Gasteiger partial charge in [-0.25, -0.2) is 4.98 Å². The van der Waals surface area contributed by atoms with Crippen molar-refractivity contribution in [3.8, 4) is 0 Å². The van der Waals surface area contributed by atoms with Crippen LogP contribution in [-0.4, -0.2) is 45.9 Å². The van der Waals surface area contributed by atoms with E-state index in [9.17, 15) is 9.59 Å². The van der Waals surface area contributed by atoms with E-state index >= 15 is 0 Å². The van der Waals surface area contributed by atoms with E-state index in [4.69, 9.17) is 4.98 Å². The molecule has 0 atom stereocenters. The van der Waals surface area contributed by atoms with Crippen molar-refractivity contribution >= 4 is 22.8 Å². The third-order valence-corrected chi connectivity index (χ3v) is 6.57. The molecule has 1 aromatic heterocycles. The van der Waals surface area contributed by atoms with E-state index in [-0.39, 0.29) is 18.4 Å². The van der Waals surface area contributed by atoms with Gasteiger partial charge in [0.05, 0.1) is 11.0 Å². The number of aromatic nitrogens is 2. The molecule has 1 N–H and O–H groups in total. The van der Waals surface area contributed by atoms with E-state index in [2.05, 4.69) is 5.32 Å². The predicted molar refractivity (Wildman–Crippen MR) is 127 cm³/mol. The Morgan fingerprint density at radius 2 is 1.78 bits per heavy atom. The highest BCUT2D eigenvalue weighted by Crippen LogP contribution is 2.23. The number of hydrogen-bond donors (Lipinski definition) is 1. The molecule has 0 radical (unpaired) electrons. The van der Waals surface area contributed by atoms with Crippen molar-refractivity contribution in [3.05, 3.63) is 65.5 Å². The summed E-state index contributed by atoms with van der Waals surface area (Å²) in [5.41, 5.74) is 3.47. The van der Waals surface area contributed by atoms with Crippen molar-refractivity contribution < 1.29 is 9.59 Å². The molecule has 2 amide bonds. The predicted octanol–water partition coefficient (Wildman–Crippen LogP) is 4.11. The normalized spacial score (nSPS) is 14.4. The van der Waals surface area contributed by atoms with Gasteiger partial charge in [0.15, 0.2) is 0 Å². The zero-order valence-corrected chi connectivity index (χ0v) is 19.0. The zero-order valence-electron chi connectivity index (χ0n) is 19.0. The number of nitrogens with one attached hydrogen (secondary N) is 1. The molecule has 6 heteroatoms. The minimum absolute atomic E-state index is 0.0844. The molecule has 168 valence electrons. The summed E-state index contributed by atoms with van der Waals surface area (Å²) in [6.45, 7) is 2.67. The average Bonchev–Trinajstić information content (AvgIpc) is 3.16. The Morgan fingerprint density at radius 3 is 2.56 bits per heavy atom. The number of benzene rings is 2. The first-order valence-corrected chi connectivity index (χ1v) is 11.6. The minimum Gasteiger partial charge on any atom is -0.352 e. The third-order valence-electron chi connectivity index (χ3n) is 6.57. The van der Waals surface area contributed by atoms with Crippen molar-refractivity contribution in [3.63, 3.8) is 0 Å². The second-order valence-corrected chi connectivity index (χ2v) is 8.72. The molecule has 1 fully saturated rings. The van der Waals surface area contributed by atoms with Gasteiger partial charge in [-0.2, -0.15) is 0 Å². The van der Waals surface area contributed by atoms with E-state index in [1.807, 2.05) is 72.0 Å². The zero-order chi connectivity index (χ0) is 22.5. The van der Waals surface area contributed by atoms with Crippen LogP contribution in [0.3, 0.4) is 0 Å². The fourth-order valence-corrected chi connectivity index (χ4v) is 4.62. The Hall–Kier alpha value is -3.15. The van der Waals surface area contributed by atoms with Crippen LogP contribution in [0.15, 0.2) is 48.5 Å². The minimum atomic E-state index is -0.0844.